The molecule has 0 bridgehead atoms. The molecule has 0 aliphatic carbocycles. The average molecular weight is 363 g/mol. The summed E-state index contributed by atoms with van der Waals surface area (Å²) in [7, 11) is 0. The first kappa shape index (κ1) is 16.6. The van der Waals surface area contributed by atoms with E-state index >= 15 is 0 Å². The molecule has 0 aliphatic heterocycles. The van der Waals surface area contributed by atoms with Crippen LogP contribution in [0.3, 0.4) is 0 Å². The molecule has 0 amide bonds. The SMILES string of the molecule is Cc1cc(=O)oc2c(C)c(OC(=O)c3ccc(Cl)c(Cl)c3)ccc12. The van der Waals surface area contributed by atoms with Gasteiger partial charge in [0.25, 0.3) is 0 Å². The van der Waals surface area contributed by atoms with Crippen LogP contribution in [0, 0.1) is 13.8 Å². The van der Waals surface area contributed by atoms with Crippen molar-refractivity contribution in [2.75, 3.05) is 0 Å². The monoisotopic (exact) mass is 362 g/mol. The van der Waals surface area contributed by atoms with E-state index in [1.807, 2.05) is 6.92 Å². The van der Waals surface area contributed by atoms with Crippen molar-refractivity contribution in [1.82, 2.24) is 0 Å². The van der Waals surface area contributed by atoms with Crippen molar-refractivity contribution in [3.05, 3.63) is 73.6 Å². The molecule has 1 heterocycles. The minimum absolute atomic E-state index is 0.267. The molecule has 1 aromatic heterocycles. The fourth-order valence-electron chi connectivity index (χ4n) is 2.39. The highest BCUT2D eigenvalue weighted by Crippen LogP contribution is 2.29. The molecule has 0 saturated heterocycles. The summed E-state index contributed by atoms with van der Waals surface area (Å²) in [6, 6.07) is 9.32. The van der Waals surface area contributed by atoms with Crippen LogP contribution in [0.25, 0.3) is 11.0 Å². The number of benzene rings is 2. The van der Waals surface area contributed by atoms with Crippen molar-refractivity contribution in [2.45, 2.75) is 13.8 Å². The molecule has 0 atom stereocenters. The minimum Gasteiger partial charge on any atom is -0.423 e. The molecule has 2 aromatic carbocycles. The highest BCUT2D eigenvalue weighted by molar-refractivity contribution is 6.42. The number of carbonyl (C=O) groups is 1. The summed E-state index contributed by atoms with van der Waals surface area (Å²) in [6.45, 7) is 3.54. The molecule has 0 aliphatic rings. The molecular formula is C18H12Cl2O4. The topological polar surface area (TPSA) is 56.5 Å². The summed E-state index contributed by atoms with van der Waals surface area (Å²) >= 11 is 11.8. The Morgan fingerprint density at radius 2 is 1.79 bits per heavy atom. The minimum atomic E-state index is -0.578. The molecule has 3 rings (SSSR count). The molecule has 122 valence electrons. The zero-order valence-corrected chi connectivity index (χ0v) is 14.4. The number of esters is 1. The summed E-state index contributed by atoms with van der Waals surface area (Å²) in [6.07, 6.45) is 0. The van der Waals surface area contributed by atoms with E-state index in [9.17, 15) is 9.59 Å². The fraction of sp³-hybridized carbons (Fsp3) is 0.111. The first-order valence-corrected chi connectivity index (χ1v) is 7.83. The van der Waals surface area contributed by atoms with Gasteiger partial charge in [0.1, 0.15) is 11.3 Å². The molecule has 0 radical (unpaired) electrons. The summed E-state index contributed by atoms with van der Waals surface area (Å²) in [5.41, 5.74) is 1.60. The van der Waals surface area contributed by atoms with Gasteiger partial charge in [0.2, 0.25) is 0 Å². The number of carbonyl (C=O) groups excluding carboxylic acids is 1. The predicted molar refractivity (Wildman–Crippen MR) is 93.4 cm³/mol. The van der Waals surface area contributed by atoms with Crippen molar-refractivity contribution in [3.63, 3.8) is 0 Å². The van der Waals surface area contributed by atoms with Crippen LogP contribution in [0.1, 0.15) is 21.5 Å². The lowest BCUT2D eigenvalue weighted by Gasteiger charge is -2.10. The van der Waals surface area contributed by atoms with E-state index in [2.05, 4.69) is 0 Å². The lowest BCUT2D eigenvalue weighted by atomic mass is 10.1. The van der Waals surface area contributed by atoms with Gasteiger partial charge in [-0.2, -0.15) is 0 Å². The predicted octanol–water partition coefficient (Wildman–Crippen LogP) is 4.94. The molecule has 4 nitrogen and oxygen atoms in total. The Hall–Kier alpha value is -2.30. The Labute approximate surface area is 147 Å². The average Bonchev–Trinajstić information content (AvgIpc) is 2.53. The van der Waals surface area contributed by atoms with Crippen LogP contribution < -0.4 is 10.4 Å². The maximum absolute atomic E-state index is 12.3. The second kappa shape index (κ2) is 6.30. The molecule has 3 aromatic rings. The maximum Gasteiger partial charge on any atom is 0.343 e. The lowest BCUT2D eigenvalue weighted by molar-refractivity contribution is 0.0733. The van der Waals surface area contributed by atoms with Crippen LogP contribution in [-0.2, 0) is 0 Å². The van der Waals surface area contributed by atoms with Crippen LogP contribution in [0.5, 0.6) is 5.75 Å². The van der Waals surface area contributed by atoms with E-state index in [1.165, 1.54) is 24.3 Å². The van der Waals surface area contributed by atoms with E-state index in [1.54, 1.807) is 19.1 Å². The third-order valence-corrected chi connectivity index (χ3v) is 4.42. The zero-order valence-electron chi connectivity index (χ0n) is 12.9. The summed E-state index contributed by atoms with van der Waals surface area (Å²) < 4.78 is 10.7. The normalized spacial score (nSPS) is 10.8. The Morgan fingerprint density at radius 1 is 1.04 bits per heavy atom. The van der Waals surface area contributed by atoms with Gasteiger partial charge in [0.15, 0.2) is 0 Å². The van der Waals surface area contributed by atoms with Crippen LogP contribution in [-0.4, -0.2) is 5.97 Å². The lowest BCUT2D eigenvalue weighted by Crippen LogP contribution is -2.10. The van der Waals surface area contributed by atoms with Crippen molar-refractivity contribution >= 4 is 40.1 Å². The van der Waals surface area contributed by atoms with Gasteiger partial charge in [-0.25, -0.2) is 9.59 Å². The van der Waals surface area contributed by atoms with E-state index in [0.717, 1.165) is 10.9 Å². The van der Waals surface area contributed by atoms with Crippen LogP contribution in [0.2, 0.25) is 10.0 Å². The molecule has 0 N–H and O–H groups in total. The Balaban J connectivity index is 2.01. The molecule has 6 heteroatoms. The van der Waals surface area contributed by atoms with Gasteiger partial charge < -0.3 is 9.15 Å². The number of hydrogen-bond donors (Lipinski definition) is 0. The third-order valence-electron chi connectivity index (χ3n) is 3.68. The number of rotatable bonds is 2. The van der Waals surface area contributed by atoms with Gasteiger partial charge in [-0.05, 0) is 49.7 Å². The van der Waals surface area contributed by atoms with Gasteiger partial charge in [-0.1, -0.05) is 23.2 Å². The highest BCUT2D eigenvalue weighted by atomic mass is 35.5. The Morgan fingerprint density at radius 3 is 2.50 bits per heavy atom. The quantitative estimate of drug-likeness (QED) is 0.368. The number of ether oxygens (including phenoxy) is 1. The van der Waals surface area contributed by atoms with E-state index in [0.29, 0.717) is 21.9 Å². The molecule has 0 saturated carbocycles. The fourth-order valence-corrected chi connectivity index (χ4v) is 2.69. The van der Waals surface area contributed by atoms with Gasteiger partial charge in [0.05, 0.1) is 15.6 Å². The first-order chi connectivity index (χ1) is 11.4. The van der Waals surface area contributed by atoms with Gasteiger partial charge in [-0.3, -0.25) is 0 Å². The Bertz CT molecular complexity index is 1020. The van der Waals surface area contributed by atoms with Gasteiger partial charge in [0, 0.05) is 17.0 Å². The number of aryl methyl sites for hydroxylation is 2. The molecule has 24 heavy (non-hydrogen) atoms. The van der Waals surface area contributed by atoms with Crippen LogP contribution in [0.15, 0.2) is 45.6 Å². The molecule has 0 spiro atoms. The number of halogens is 2. The van der Waals surface area contributed by atoms with Crippen molar-refractivity contribution in [1.29, 1.82) is 0 Å². The van der Waals surface area contributed by atoms with Crippen LogP contribution >= 0.6 is 23.2 Å². The van der Waals surface area contributed by atoms with Gasteiger partial charge in [-0.15, -0.1) is 0 Å². The second-order valence-corrected chi connectivity index (χ2v) is 6.15. The van der Waals surface area contributed by atoms with E-state index in [4.69, 9.17) is 32.4 Å². The van der Waals surface area contributed by atoms with E-state index < -0.39 is 11.6 Å². The zero-order chi connectivity index (χ0) is 17.4. The standard InChI is InChI=1S/C18H12Cl2O4/c1-9-7-16(21)24-17-10(2)15(6-4-12(9)17)23-18(22)11-3-5-13(19)14(20)8-11/h3-8H,1-2H3. The molecule has 0 unspecified atom stereocenters. The van der Waals surface area contributed by atoms with E-state index in [-0.39, 0.29) is 10.6 Å². The van der Waals surface area contributed by atoms with Crippen molar-refractivity contribution in [3.8, 4) is 5.75 Å². The smallest absolute Gasteiger partial charge is 0.343 e. The Kier molecular flexibility index (Phi) is 4.35. The molecular weight excluding hydrogens is 351 g/mol. The highest BCUT2D eigenvalue weighted by Gasteiger charge is 2.15. The summed E-state index contributed by atoms with van der Waals surface area (Å²) in [5, 5.41) is 1.41. The van der Waals surface area contributed by atoms with Crippen molar-refractivity contribution in [2.24, 2.45) is 0 Å². The maximum atomic E-state index is 12.3. The van der Waals surface area contributed by atoms with Crippen LogP contribution in [0.4, 0.5) is 0 Å². The summed E-state index contributed by atoms with van der Waals surface area (Å²) in [4.78, 5) is 23.9. The molecule has 0 fully saturated rings. The first-order valence-electron chi connectivity index (χ1n) is 7.08. The van der Waals surface area contributed by atoms with Crippen molar-refractivity contribution < 1.29 is 13.9 Å². The summed E-state index contributed by atoms with van der Waals surface area (Å²) in [5.74, 6) is -0.265. The third kappa shape index (κ3) is 3.03. The number of fused-ring (bicyclic) bond motifs is 1. The van der Waals surface area contributed by atoms with Gasteiger partial charge >= 0.3 is 11.6 Å². The number of hydrogen-bond acceptors (Lipinski definition) is 4. The largest absolute Gasteiger partial charge is 0.423 e. The second-order valence-electron chi connectivity index (χ2n) is 5.33.